The molecule has 0 spiro atoms. The molecule has 0 aromatic heterocycles. The number of benzene rings is 2. The number of aryl methyl sites for hydroxylation is 2. The lowest BCUT2D eigenvalue weighted by Gasteiger charge is -2.20. The Kier molecular flexibility index (Phi) is 4.79. The van der Waals surface area contributed by atoms with Crippen molar-refractivity contribution in [2.24, 2.45) is 5.84 Å². The van der Waals surface area contributed by atoms with Crippen molar-refractivity contribution in [3.63, 3.8) is 0 Å². The number of nitrogens with one attached hydrogen (secondary N) is 1. The van der Waals surface area contributed by atoms with Crippen LogP contribution in [-0.2, 0) is 0 Å². The molecule has 0 aliphatic rings. The van der Waals surface area contributed by atoms with Crippen molar-refractivity contribution in [3.05, 3.63) is 67.6 Å². The van der Waals surface area contributed by atoms with Gasteiger partial charge in [0.05, 0.1) is 6.04 Å². The highest BCUT2D eigenvalue weighted by Crippen LogP contribution is 2.31. The van der Waals surface area contributed by atoms with Crippen LogP contribution in [0.3, 0.4) is 0 Å². The number of hydrazine groups is 1. The number of nitrogens with two attached hydrogens (primary N) is 1. The number of rotatable bonds is 3. The molecule has 1 atom stereocenters. The summed E-state index contributed by atoms with van der Waals surface area (Å²) in [6.45, 7) is 4.19. The van der Waals surface area contributed by atoms with Gasteiger partial charge in [-0.05, 0) is 43.2 Å². The van der Waals surface area contributed by atoms with Crippen LogP contribution >= 0.6 is 31.9 Å². The Hall–Kier alpha value is -0.680. The van der Waals surface area contributed by atoms with Gasteiger partial charge in [0, 0.05) is 8.95 Å². The largest absolute Gasteiger partial charge is 0.271 e. The molecule has 100 valence electrons. The zero-order chi connectivity index (χ0) is 14.0. The lowest BCUT2D eigenvalue weighted by atomic mass is 9.96. The van der Waals surface area contributed by atoms with Crippen LogP contribution in [-0.4, -0.2) is 0 Å². The van der Waals surface area contributed by atoms with Crippen molar-refractivity contribution in [3.8, 4) is 0 Å². The van der Waals surface area contributed by atoms with Gasteiger partial charge in [-0.25, -0.2) is 5.43 Å². The van der Waals surface area contributed by atoms with Gasteiger partial charge >= 0.3 is 0 Å². The van der Waals surface area contributed by atoms with Gasteiger partial charge in [0.1, 0.15) is 0 Å². The van der Waals surface area contributed by atoms with E-state index in [1.165, 1.54) is 16.7 Å². The molecule has 4 heteroatoms. The zero-order valence-corrected chi connectivity index (χ0v) is 14.0. The van der Waals surface area contributed by atoms with Crippen molar-refractivity contribution in [2.75, 3.05) is 0 Å². The third kappa shape index (κ3) is 3.45. The molecule has 0 saturated carbocycles. The van der Waals surface area contributed by atoms with E-state index in [1.807, 2.05) is 12.1 Å². The predicted molar refractivity (Wildman–Crippen MR) is 86.9 cm³/mol. The summed E-state index contributed by atoms with van der Waals surface area (Å²) < 4.78 is 2.08. The molecule has 0 amide bonds. The van der Waals surface area contributed by atoms with Gasteiger partial charge in [0.2, 0.25) is 0 Å². The minimum absolute atomic E-state index is 0.0366. The van der Waals surface area contributed by atoms with E-state index in [9.17, 15) is 0 Å². The maximum atomic E-state index is 5.77. The summed E-state index contributed by atoms with van der Waals surface area (Å²) in [5.41, 5.74) is 7.66. The highest BCUT2D eigenvalue weighted by molar-refractivity contribution is 9.11. The Balaban J connectivity index is 2.52. The molecule has 19 heavy (non-hydrogen) atoms. The second-order valence-electron chi connectivity index (χ2n) is 4.69. The van der Waals surface area contributed by atoms with Crippen LogP contribution in [0.15, 0.2) is 45.3 Å². The highest BCUT2D eigenvalue weighted by atomic mass is 79.9. The van der Waals surface area contributed by atoms with E-state index in [2.05, 4.69) is 75.4 Å². The molecule has 0 fully saturated rings. The van der Waals surface area contributed by atoms with Crippen molar-refractivity contribution in [2.45, 2.75) is 19.9 Å². The first-order chi connectivity index (χ1) is 9.01. The minimum atomic E-state index is -0.0366. The van der Waals surface area contributed by atoms with Crippen molar-refractivity contribution in [1.82, 2.24) is 5.43 Å². The Bertz CT molecular complexity index is 576. The topological polar surface area (TPSA) is 38.0 Å². The molecule has 2 aromatic carbocycles. The van der Waals surface area contributed by atoms with Crippen molar-refractivity contribution >= 4 is 31.9 Å². The second kappa shape index (κ2) is 6.18. The Morgan fingerprint density at radius 3 is 2.21 bits per heavy atom. The molecule has 0 aliphatic carbocycles. The van der Waals surface area contributed by atoms with Gasteiger partial charge in [-0.2, -0.15) is 0 Å². The standard InChI is InChI=1S/C15H16Br2N2/c1-9-5-10(2)7-11(6-9)15(19-18)13-8-12(16)3-4-14(13)17/h3-8,15,19H,18H2,1-2H3. The van der Waals surface area contributed by atoms with Crippen LogP contribution < -0.4 is 11.3 Å². The molecule has 0 bridgehead atoms. The van der Waals surface area contributed by atoms with Gasteiger partial charge in [0.15, 0.2) is 0 Å². The zero-order valence-electron chi connectivity index (χ0n) is 10.9. The third-order valence-electron chi connectivity index (χ3n) is 3.01. The lowest BCUT2D eigenvalue weighted by Crippen LogP contribution is -2.29. The molecule has 0 radical (unpaired) electrons. The van der Waals surface area contributed by atoms with E-state index in [0.29, 0.717) is 0 Å². The molecular formula is C15H16Br2N2. The van der Waals surface area contributed by atoms with E-state index in [0.717, 1.165) is 14.5 Å². The van der Waals surface area contributed by atoms with E-state index < -0.39 is 0 Å². The SMILES string of the molecule is Cc1cc(C)cc(C(NN)c2cc(Br)ccc2Br)c1. The normalized spacial score (nSPS) is 12.5. The maximum absolute atomic E-state index is 5.77. The van der Waals surface area contributed by atoms with E-state index in [-0.39, 0.29) is 6.04 Å². The van der Waals surface area contributed by atoms with Crippen molar-refractivity contribution < 1.29 is 0 Å². The maximum Gasteiger partial charge on any atom is 0.0721 e. The first kappa shape index (κ1) is 14.7. The number of hydrogen-bond acceptors (Lipinski definition) is 2. The Labute approximate surface area is 130 Å². The fourth-order valence-electron chi connectivity index (χ4n) is 2.28. The minimum Gasteiger partial charge on any atom is -0.271 e. The number of hydrogen-bond donors (Lipinski definition) is 2. The summed E-state index contributed by atoms with van der Waals surface area (Å²) in [5.74, 6) is 5.77. The molecule has 2 rings (SSSR count). The summed E-state index contributed by atoms with van der Waals surface area (Å²) >= 11 is 7.10. The fraction of sp³-hybridized carbons (Fsp3) is 0.200. The molecule has 3 N–H and O–H groups in total. The molecule has 1 unspecified atom stereocenters. The lowest BCUT2D eigenvalue weighted by molar-refractivity contribution is 0.633. The van der Waals surface area contributed by atoms with Crippen LogP contribution in [0.2, 0.25) is 0 Å². The summed E-state index contributed by atoms with van der Waals surface area (Å²) in [5, 5.41) is 0. The molecular weight excluding hydrogens is 368 g/mol. The van der Waals surface area contributed by atoms with E-state index >= 15 is 0 Å². The molecule has 2 aromatic rings. The smallest absolute Gasteiger partial charge is 0.0721 e. The first-order valence-electron chi connectivity index (χ1n) is 6.00. The van der Waals surface area contributed by atoms with Crippen molar-refractivity contribution in [1.29, 1.82) is 0 Å². The summed E-state index contributed by atoms with van der Waals surface area (Å²) in [7, 11) is 0. The van der Waals surface area contributed by atoms with E-state index in [1.54, 1.807) is 0 Å². The third-order valence-corrected chi connectivity index (χ3v) is 4.23. The first-order valence-corrected chi connectivity index (χ1v) is 7.59. The molecule has 2 nitrogen and oxygen atoms in total. The average molecular weight is 384 g/mol. The molecule has 0 aliphatic heterocycles. The molecule has 0 saturated heterocycles. The van der Waals surface area contributed by atoms with Gasteiger partial charge in [-0.3, -0.25) is 5.84 Å². The Morgan fingerprint density at radius 1 is 1.00 bits per heavy atom. The van der Waals surface area contributed by atoms with E-state index in [4.69, 9.17) is 5.84 Å². The second-order valence-corrected chi connectivity index (χ2v) is 6.46. The molecule has 0 heterocycles. The van der Waals surface area contributed by atoms with Crippen LogP contribution in [0.5, 0.6) is 0 Å². The van der Waals surface area contributed by atoms with Gasteiger partial charge in [-0.1, -0.05) is 61.2 Å². The fourth-order valence-corrected chi connectivity index (χ4v) is 3.13. The summed E-state index contributed by atoms with van der Waals surface area (Å²) in [6, 6.07) is 12.5. The summed E-state index contributed by atoms with van der Waals surface area (Å²) in [6.07, 6.45) is 0. The van der Waals surface area contributed by atoms with Gasteiger partial charge < -0.3 is 0 Å². The van der Waals surface area contributed by atoms with Gasteiger partial charge in [0.25, 0.3) is 0 Å². The van der Waals surface area contributed by atoms with Crippen LogP contribution in [0.25, 0.3) is 0 Å². The monoisotopic (exact) mass is 382 g/mol. The van der Waals surface area contributed by atoms with Crippen LogP contribution in [0.1, 0.15) is 28.3 Å². The average Bonchev–Trinajstić information content (AvgIpc) is 2.33. The quantitative estimate of drug-likeness (QED) is 0.609. The number of halogens is 2. The Morgan fingerprint density at radius 2 is 1.63 bits per heavy atom. The summed E-state index contributed by atoms with van der Waals surface area (Å²) in [4.78, 5) is 0. The van der Waals surface area contributed by atoms with Crippen LogP contribution in [0, 0.1) is 13.8 Å². The van der Waals surface area contributed by atoms with Crippen LogP contribution in [0.4, 0.5) is 0 Å². The van der Waals surface area contributed by atoms with Gasteiger partial charge in [-0.15, -0.1) is 0 Å². The highest BCUT2D eigenvalue weighted by Gasteiger charge is 2.16. The predicted octanol–water partition coefficient (Wildman–Crippen LogP) is 4.38.